The second-order valence-electron chi connectivity index (χ2n) is 1.54. The lowest BCUT2D eigenvalue weighted by Crippen LogP contribution is -1.99. The first-order chi connectivity index (χ1) is 4.81. The molecule has 0 aromatic carbocycles. The average molecular weight is 138 g/mol. The van der Waals surface area contributed by atoms with Crippen LogP contribution in [0.15, 0.2) is 12.7 Å². The number of ether oxygens (including phenoxy) is 1. The minimum absolute atomic E-state index is 0.233. The van der Waals surface area contributed by atoms with Gasteiger partial charge in [-0.25, -0.2) is 4.79 Å². The van der Waals surface area contributed by atoms with E-state index in [1.165, 1.54) is 6.08 Å². The fourth-order valence-electron chi connectivity index (χ4n) is 0.331. The van der Waals surface area contributed by atoms with E-state index in [0.29, 0.717) is 6.42 Å². The lowest BCUT2D eigenvalue weighted by Gasteiger charge is -1.90. The van der Waals surface area contributed by atoms with Gasteiger partial charge < -0.3 is 4.74 Å². The smallest absolute Gasteiger partial charge is 0.384 e. The highest BCUT2D eigenvalue weighted by Crippen LogP contribution is 1.76. The summed E-state index contributed by atoms with van der Waals surface area (Å²) < 4.78 is 4.56. The van der Waals surface area contributed by atoms with Crippen molar-refractivity contribution in [3.05, 3.63) is 12.7 Å². The fraction of sp³-hybridized carbons (Fsp3) is 0.375. The summed E-state index contributed by atoms with van der Waals surface area (Å²) >= 11 is 0. The van der Waals surface area contributed by atoms with Gasteiger partial charge in [0.25, 0.3) is 0 Å². The van der Waals surface area contributed by atoms with Crippen LogP contribution in [0.2, 0.25) is 0 Å². The molecule has 10 heavy (non-hydrogen) atoms. The molecule has 0 amide bonds. The van der Waals surface area contributed by atoms with Crippen LogP contribution in [0.3, 0.4) is 0 Å². The molecule has 0 unspecified atom stereocenters. The second kappa shape index (κ2) is 5.90. The van der Waals surface area contributed by atoms with Gasteiger partial charge in [-0.2, -0.15) is 0 Å². The summed E-state index contributed by atoms with van der Waals surface area (Å²) in [5, 5.41) is 0. The summed E-state index contributed by atoms with van der Waals surface area (Å²) in [6.07, 6.45) is 2.18. The van der Waals surface area contributed by atoms with Gasteiger partial charge in [-0.1, -0.05) is 25.5 Å². The van der Waals surface area contributed by atoms with Crippen LogP contribution >= 0.6 is 0 Å². The highest BCUT2D eigenvalue weighted by atomic mass is 16.5. The molecule has 0 aromatic heterocycles. The molecule has 0 bridgehead atoms. The van der Waals surface area contributed by atoms with Gasteiger partial charge in [0.05, 0.1) is 0 Å². The van der Waals surface area contributed by atoms with Gasteiger partial charge in [0.1, 0.15) is 6.61 Å². The molecule has 0 N–H and O–H groups in total. The van der Waals surface area contributed by atoms with Crippen LogP contribution in [0.5, 0.6) is 0 Å². The van der Waals surface area contributed by atoms with Crippen LogP contribution in [0.25, 0.3) is 0 Å². The minimum atomic E-state index is -0.484. The summed E-state index contributed by atoms with van der Waals surface area (Å²) in [4.78, 5) is 10.5. The number of rotatable bonds is 2. The molecule has 54 valence electrons. The molecular weight excluding hydrogens is 128 g/mol. The zero-order valence-electron chi connectivity index (χ0n) is 6.02. The number of hydrogen-bond donors (Lipinski definition) is 0. The maximum absolute atomic E-state index is 10.5. The largest absolute Gasteiger partial charge is 0.452 e. The van der Waals surface area contributed by atoms with Crippen molar-refractivity contribution in [2.24, 2.45) is 0 Å². The lowest BCUT2D eigenvalue weighted by atomic mass is 10.5. The first kappa shape index (κ1) is 8.77. The Kier molecular flexibility index (Phi) is 5.17. The summed E-state index contributed by atoms with van der Waals surface area (Å²) in [6.45, 7) is 5.49. The lowest BCUT2D eigenvalue weighted by molar-refractivity contribution is -0.135. The zero-order chi connectivity index (χ0) is 7.82. The molecule has 0 aliphatic carbocycles. The first-order valence-corrected chi connectivity index (χ1v) is 3.07. The Morgan fingerprint density at radius 1 is 1.80 bits per heavy atom. The zero-order valence-corrected chi connectivity index (χ0v) is 6.02. The van der Waals surface area contributed by atoms with E-state index in [1.807, 2.05) is 6.92 Å². The number of carbonyl (C=O) groups is 1. The minimum Gasteiger partial charge on any atom is -0.452 e. The summed E-state index contributed by atoms with van der Waals surface area (Å²) in [7, 11) is 0. The molecule has 0 fully saturated rings. The Labute approximate surface area is 60.9 Å². The summed E-state index contributed by atoms with van der Waals surface area (Å²) in [6, 6.07) is 0. The highest BCUT2D eigenvalue weighted by molar-refractivity contribution is 5.88. The van der Waals surface area contributed by atoms with Crippen molar-refractivity contribution >= 4 is 5.97 Å². The molecule has 0 atom stereocenters. The van der Waals surface area contributed by atoms with Crippen LogP contribution in [0, 0.1) is 11.8 Å². The molecule has 2 nitrogen and oxygen atoms in total. The molecule has 0 heterocycles. The van der Waals surface area contributed by atoms with Crippen LogP contribution in [-0.4, -0.2) is 12.6 Å². The van der Waals surface area contributed by atoms with Gasteiger partial charge in [-0.15, -0.1) is 0 Å². The standard InChI is InChI=1S/C8H10O2/c1-3-5-6-8(9)10-7-4-2/h4H,2-3,7H2,1H3. The monoisotopic (exact) mass is 138 g/mol. The molecule has 0 radical (unpaired) electrons. The molecule has 2 heteroatoms. The number of hydrogen-bond acceptors (Lipinski definition) is 2. The highest BCUT2D eigenvalue weighted by Gasteiger charge is 1.90. The first-order valence-electron chi connectivity index (χ1n) is 3.07. The van der Waals surface area contributed by atoms with Crippen molar-refractivity contribution < 1.29 is 9.53 Å². The van der Waals surface area contributed by atoms with Crippen molar-refractivity contribution in [3.8, 4) is 11.8 Å². The van der Waals surface area contributed by atoms with E-state index >= 15 is 0 Å². The van der Waals surface area contributed by atoms with Crippen molar-refractivity contribution in [1.29, 1.82) is 0 Å². The molecule has 0 aliphatic heterocycles. The third kappa shape index (κ3) is 4.92. The van der Waals surface area contributed by atoms with E-state index in [2.05, 4.69) is 23.2 Å². The van der Waals surface area contributed by atoms with Gasteiger partial charge in [-0.05, 0) is 0 Å². The van der Waals surface area contributed by atoms with E-state index in [9.17, 15) is 4.79 Å². The maximum atomic E-state index is 10.5. The molecule has 0 saturated carbocycles. The molecule has 0 spiro atoms. The summed E-state index contributed by atoms with van der Waals surface area (Å²) in [5.74, 6) is 4.42. The van der Waals surface area contributed by atoms with Crippen molar-refractivity contribution in [2.75, 3.05) is 6.61 Å². The van der Waals surface area contributed by atoms with E-state index in [1.54, 1.807) is 0 Å². The fourth-order valence-corrected chi connectivity index (χ4v) is 0.331. The predicted octanol–water partition coefficient (Wildman–Crippen LogP) is 1.13. The molecule has 0 rings (SSSR count). The average Bonchev–Trinajstić information content (AvgIpc) is 1.97. The van der Waals surface area contributed by atoms with Crippen LogP contribution < -0.4 is 0 Å². The topological polar surface area (TPSA) is 26.3 Å². The predicted molar refractivity (Wildman–Crippen MR) is 39.2 cm³/mol. The Morgan fingerprint density at radius 3 is 3.00 bits per heavy atom. The van der Waals surface area contributed by atoms with Crippen molar-refractivity contribution in [1.82, 2.24) is 0 Å². The van der Waals surface area contributed by atoms with Crippen molar-refractivity contribution in [3.63, 3.8) is 0 Å². The SMILES string of the molecule is C=CCOC(=O)C#CCC. The van der Waals surface area contributed by atoms with Gasteiger partial charge in [0.15, 0.2) is 0 Å². The van der Waals surface area contributed by atoms with E-state index in [0.717, 1.165) is 0 Å². The summed E-state index contributed by atoms with van der Waals surface area (Å²) in [5.41, 5.74) is 0. The van der Waals surface area contributed by atoms with Gasteiger partial charge >= 0.3 is 5.97 Å². The Hall–Kier alpha value is -1.23. The molecule has 0 aliphatic rings. The molecule has 0 aromatic rings. The number of esters is 1. The van der Waals surface area contributed by atoms with Gasteiger partial charge in [0, 0.05) is 12.3 Å². The van der Waals surface area contributed by atoms with Gasteiger partial charge in [0.2, 0.25) is 0 Å². The number of carbonyl (C=O) groups excluding carboxylic acids is 1. The van der Waals surface area contributed by atoms with E-state index < -0.39 is 5.97 Å². The Morgan fingerprint density at radius 2 is 2.50 bits per heavy atom. The Bertz CT molecular complexity index is 171. The van der Waals surface area contributed by atoms with Gasteiger partial charge in [-0.3, -0.25) is 0 Å². The Balaban J connectivity index is 3.53. The third-order valence-electron chi connectivity index (χ3n) is 0.700. The molecular formula is C8H10O2. The van der Waals surface area contributed by atoms with E-state index in [-0.39, 0.29) is 6.61 Å². The van der Waals surface area contributed by atoms with Crippen LogP contribution in [-0.2, 0) is 9.53 Å². The normalized spacial score (nSPS) is 7.30. The van der Waals surface area contributed by atoms with Crippen molar-refractivity contribution in [2.45, 2.75) is 13.3 Å². The maximum Gasteiger partial charge on any atom is 0.384 e. The molecule has 0 saturated heterocycles. The van der Waals surface area contributed by atoms with E-state index in [4.69, 9.17) is 0 Å². The third-order valence-corrected chi connectivity index (χ3v) is 0.700. The quantitative estimate of drug-likeness (QED) is 0.247. The van der Waals surface area contributed by atoms with Crippen LogP contribution in [0.4, 0.5) is 0 Å². The van der Waals surface area contributed by atoms with Crippen LogP contribution in [0.1, 0.15) is 13.3 Å². The second-order valence-corrected chi connectivity index (χ2v) is 1.54.